The van der Waals surface area contributed by atoms with Crippen molar-refractivity contribution in [2.45, 2.75) is 56.7 Å². The number of nitrogens with one attached hydrogen (secondary N) is 2. The van der Waals surface area contributed by atoms with Crippen molar-refractivity contribution < 1.29 is 9.90 Å². The third-order valence-electron chi connectivity index (χ3n) is 5.75. The van der Waals surface area contributed by atoms with Gasteiger partial charge in [0.25, 0.3) is 0 Å². The van der Waals surface area contributed by atoms with Crippen molar-refractivity contribution in [1.29, 1.82) is 0 Å². The summed E-state index contributed by atoms with van der Waals surface area (Å²) in [5.74, 6) is -0.0569. The van der Waals surface area contributed by atoms with E-state index in [1.807, 2.05) is 41.8 Å². The summed E-state index contributed by atoms with van der Waals surface area (Å²) < 4.78 is 0. The summed E-state index contributed by atoms with van der Waals surface area (Å²) in [4.78, 5) is 16.3. The first kappa shape index (κ1) is 20.8. The number of amides is 1. The molecule has 0 spiro atoms. The number of rotatable bonds is 7. The van der Waals surface area contributed by atoms with Gasteiger partial charge in [0.1, 0.15) is 0 Å². The minimum Gasteiger partial charge on any atom is -0.387 e. The Balaban J connectivity index is 1.25. The van der Waals surface area contributed by atoms with Crippen LogP contribution in [0.15, 0.2) is 59.1 Å². The first-order valence-corrected chi connectivity index (χ1v) is 11.3. The molecule has 158 valence electrons. The van der Waals surface area contributed by atoms with Gasteiger partial charge in [0.15, 0.2) is 5.13 Å². The highest BCUT2D eigenvalue weighted by molar-refractivity contribution is 7.13. The van der Waals surface area contributed by atoms with Gasteiger partial charge in [-0.25, -0.2) is 4.98 Å². The number of hydrogen-bond donors (Lipinski definition) is 4. The molecule has 2 heterocycles. The third-order valence-corrected chi connectivity index (χ3v) is 6.48. The Morgan fingerprint density at radius 2 is 2.10 bits per heavy atom. The Labute approximate surface area is 180 Å². The summed E-state index contributed by atoms with van der Waals surface area (Å²) in [6.07, 6.45) is 8.72. The number of nitrogens with two attached hydrogens (primary N) is 1. The standard InChI is InChI=1S/C23H28N4O2S/c24-23-27-19(14-30-23)13-21(28)26-17-8-6-15(7-9-17)12-18-10-11-20(25-18)22(29)16-4-2-1-3-5-16/h1-6,8,14,18,20,22,25,29H,7,9-13H2,(H2,24,27)(H,26,28)/t18?,20-,22-/m1/s1. The summed E-state index contributed by atoms with van der Waals surface area (Å²) in [5, 5.41) is 19.5. The summed E-state index contributed by atoms with van der Waals surface area (Å²) in [6, 6.07) is 10.3. The Morgan fingerprint density at radius 1 is 1.27 bits per heavy atom. The minimum absolute atomic E-state index is 0.0569. The van der Waals surface area contributed by atoms with E-state index in [-0.39, 0.29) is 18.4 Å². The first-order chi connectivity index (χ1) is 14.6. The molecule has 1 aromatic carbocycles. The Hall–Kier alpha value is -2.48. The lowest BCUT2D eigenvalue weighted by Crippen LogP contribution is -2.34. The van der Waals surface area contributed by atoms with Gasteiger partial charge < -0.3 is 21.5 Å². The number of aliphatic hydroxyl groups is 1. The van der Waals surface area contributed by atoms with Crippen LogP contribution < -0.4 is 16.4 Å². The molecule has 1 saturated heterocycles. The highest BCUT2D eigenvalue weighted by Crippen LogP contribution is 2.29. The molecule has 1 fully saturated rings. The number of allylic oxidation sites excluding steroid dienone is 3. The van der Waals surface area contributed by atoms with Crippen molar-refractivity contribution in [3.8, 4) is 0 Å². The highest BCUT2D eigenvalue weighted by atomic mass is 32.1. The van der Waals surface area contributed by atoms with Gasteiger partial charge in [0, 0.05) is 23.2 Å². The van der Waals surface area contributed by atoms with Gasteiger partial charge in [0.2, 0.25) is 5.91 Å². The molecular formula is C23H28N4O2S. The van der Waals surface area contributed by atoms with Gasteiger partial charge >= 0.3 is 0 Å². The maximum Gasteiger partial charge on any atom is 0.230 e. The summed E-state index contributed by atoms with van der Waals surface area (Å²) in [7, 11) is 0. The van der Waals surface area contributed by atoms with Crippen LogP contribution >= 0.6 is 11.3 Å². The molecule has 4 rings (SSSR count). The Morgan fingerprint density at radius 3 is 2.80 bits per heavy atom. The number of carbonyl (C=O) groups excluding carboxylic acids is 1. The van der Waals surface area contributed by atoms with Gasteiger partial charge in [-0.1, -0.05) is 42.0 Å². The maximum absolute atomic E-state index is 12.2. The molecule has 6 nitrogen and oxygen atoms in total. The number of thiazole rings is 1. The number of aliphatic hydroxyl groups excluding tert-OH is 1. The van der Waals surface area contributed by atoms with Crippen molar-refractivity contribution in [3.05, 3.63) is 70.4 Å². The van der Waals surface area contributed by atoms with Crippen LogP contribution in [0.1, 0.15) is 49.5 Å². The topological polar surface area (TPSA) is 100 Å². The van der Waals surface area contributed by atoms with Crippen LogP contribution in [-0.4, -0.2) is 28.1 Å². The fourth-order valence-corrected chi connectivity index (χ4v) is 4.77. The van der Waals surface area contributed by atoms with Gasteiger partial charge in [0.05, 0.1) is 18.2 Å². The molecule has 1 amide bonds. The Bertz CT molecular complexity index is 938. The van der Waals surface area contributed by atoms with Crippen molar-refractivity contribution in [1.82, 2.24) is 15.6 Å². The number of nitrogen functional groups attached to an aromatic ring is 1. The molecule has 7 heteroatoms. The minimum atomic E-state index is -0.466. The lowest BCUT2D eigenvalue weighted by Gasteiger charge is -2.22. The maximum atomic E-state index is 12.2. The second kappa shape index (κ2) is 9.55. The number of carbonyl (C=O) groups is 1. The number of hydrogen-bond acceptors (Lipinski definition) is 6. The zero-order valence-corrected chi connectivity index (χ0v) is 17.7. The SMILES string of the molecule is Nc1nc(CC(=O)NC2=CC=C(CC3CC[C@H]([C@H](O)c4ccccc4)N3)CC2)cs1. The zero-order valence-electron chi connectivity index (χ0n) is 16.9. The van der Waals surface area contributed by atoms with Crippen LogP contribution in [0.2, 0.25) is 0 Å². The van der Waals surface area contributed by atoms with Crippen molar-refractivity contribution in [2.75, 3.05) is 5.73 Å². The molecular weight excluding hydrogens is 396 g/mol. The molecule has 2 aliphatic rings. The van der Waals surface area contributed by atoms with E-state index in [1.165, 1.54) is 16.9 Å². The molecule has 2 aromatic rings. The molecule has 0 saturated carbocycles. The molecule has 0 radical (unpaired) electrons. The monoisotopic (exact) mass is 424 g/mol. The summed E-state index contributed by atoms with van der Waals surface area (Å²) >= 11 is 1.35. The van der Waals surface area contributed by atoms with Crippen molar-refractivity contribution in [3.63, 3.8) is 0 Å². The van der Waals surface area contributed by atoms with Gasteiger partial charge in [-0.15, -0.1) is 11.3 Å². The van der Waals surface area contributed by atoms with Crippen LogP contribution in [0, 0.1) is 0 Å². The number of benzene rings is 1. The van der Waals surface area contributed by atoms with E-state index in [4.69, 9.17) is 5.73 Å². The van der Waals surface area contributed by atoms with Crippen molar-refractivity contribution in [2.24, 2.45) is 0 Å². The number of aromatic nitrogens is 1. The second-order valence-electron chi connectivity index (χ2n) is 8.03. The van der Waals surface area contributed by atoms with E-state index < -0.39 is 6.10 Å². The average Bonchev–Trinajstić information content (AvgIpc) is 3.38. The molecule has 1 aromatic heterocycles. The average molecular weight is 425 g/mol. The molecule has 1 unspecified atom stereocenters. The summed E-state index contributed by atoms with van der Waals surface area (Å²) in [6.45, 7) is 0. The summed E-state index contributed by atoms with van der Waals surface area (Å²) in [5.41, 5.74) is 9.62. The van der Waals surface area contributed by atoms with Crippen LogP contribution in [0.4, 0.5) is 5.13 Å². The van der Waals surface area contributed by atoms with Crippen LogP contribution in [0.5, 0.6) is 0 Å². The molecule has 5 N–H and O–H groups in total. The van der Waals surface area contributed by atoms with E-state index in [0.717, 1.165) is 43.4 Å². The normalized spacial score (nSPS) is 22.3. The van der Waals surface area contributed by atoms with Gasteiger partial charge in [-0.05, 0) is 43.7 Å². The predicted molar refractivity (Wildman–Crippen MR) is 120 cm³/mol. The molecule has 1 aliphatic heterocycles. The predicted octanol–water partition coefficient (Wildman–Crippen LogP) is 3.23. The van der Waals surface area contributed by atoms with E-state index in [0.29, 0.717) is 16.9 Å². The second-order valence-corrected chi connectivity index (χ2v) is 8.92. The van der Waals surface area contributed by atoms with Gasteiger partial charge in [-0.3, -0.25) is 4.79 Å². The number of anilines is 1. The molecule has 0 bridgehead atoms. The molecule has 3 atom stereocenters. The van der Waals surface area contributed by atoms with Crippen LogP contribution in [-0.2, 0) is 11.2 Å². The first-order valence-electron chi connectivity index (χ1n) is 10.4. The number of nitrogens with zero attached hydrogens (tertiary/aromatic N) is 1. The lowest BCUT2D eigenvalue weighted by molar-refractivity contribution is -0.119. The molecule has 30 heavy (non-hydrogen) atoms. The molecule has 1 aliphatic carbocycles. The highest BCUT2D eigenvalue weighted by Gasteiger charge is 2.30. The smallest absolute Gasteiger partial charge is 0.230 e. The van der Waals surface area contributed by atoms with Crippen molar-refractivity contribution >= 4 is 22.4 Å². The van der Waals surface area contributed by atoms with E-state index >= 15 is 0 Å². The fraction of sp³-hybridized carbons (Fsp3) is 0.391. The van der Waals surface area contributed by atoms with E-state index in [1.54, 1.807) is 0 Å². The van der Waals surface area contributed by atoms with E-state index in [9.17, 15) is 9.90 Å². The van der Waals surface area contributed by atoms with Crippen LogP contribution in [0.3, 0.4) is 0 Å². The van der Waals surface area contributed by atoms with E-state index in [2.05, 4.69) is 21.7 Å². The lowest BCUT2D eigenvalue weighted by atomic mass is 9.95. The van der Waals surface area contributed by atoms with Gasteiger partial charge in [-0.2, -0.15) is 0 Å². The third kappa shape index (κ3) is 5.36. The van der Waals surface area contributed by atoms with Crippen LogP contribution in [0.25, 0.3) is 0 Å². The zero-order chi connectivity index (χ0) is 20.9. The fourth-order valence-electron chi connectivity index (χ4n) is 4.21. The Kier molecular flexibility index (Phi) is 6.62. The quantitative estimate of drug-likeness (QED) is 0.547. The largest absolute Gasteiger partial charge is 0.387 e.